The van der Waals surface area contributed by atoms with Crippen LogP contribution >= 0.6 is 0 Å². The van der Waals surface area contributed by atoms with Gasteiger partial charge in [-0.15, -0.1) is 0 Å². The van der Waals surface area contributed by atoms with Crippen molar-refractivity contribution < 1.29 is 108 Å². The van der Waals surface area contributed by atoms with Gasteiger partial charge in [-0.05, 0) is 78.5 Å². The van der Waals surface area contributed by atoms with Crippen molar-refractivity contribution in [3.8, 4) is 11.5 Å². The van der Waals surface area contributed by atoms with E-state index >= 15 is 8.78 Å². The number of rotatable bonds is 24. The van der Waals surface area contributed by atoms with E-state index in [0.29, 0.717) is 28.1 Å². The number of methoxy groups -OCH3 is 1. The number of alkyl halides is 17. The second-order valence-corrected chi connectivity index (χ2v) is 21.0. The fourth-order valence-corrected chi connectivity index (χ4v) is 11.2. The second kappa shape index (κ2) is 21.9. The van der Waals surface area contributed by atoms with E-state index in [0.717, 1.165) is 6.08 Å². The lowest BCUT2D eigenvalue weighted by Gasteiger charge is -2.44. The highest BCUT2D eigenvalue weighted by atomic mass is 28.4. The number of hydrogen-bond acceptors (Lipinski definition) is 7. The molecule has 2 rings (SSSR count). The minimum atomic E-state index is -8.71. The minimum Gasteiger partial charge on any atom is -0.497 e. The maximum atomic E-state index is 15.0. The number of nitrogens with one attached hydrogen (secondary N) is 2. The fourth-order valence-electron chi connectivity index (χ4n) is 6.72. The van der Waals surface area contributed by atoms with Crippen molar-refractivity contribution >= 4 is 26.0 Å². The van der Waals surface area contributed by atoms with E-state index in [-0.39, 0.29) is 12.2 Å². The predicted octanol–water partition coefficient (Wildman–Crippen LogP) is 13.3. The van der Waals surface area contributed by atoms with Crippen LogP contribution in [0.3, 0.4) is 0 Å². The molecule has 386 valence electrons. The molecule has 1 atom stereocenters. The van der Waals surface area contributed by atoms with E-state index in [2.05, 4.69) is 5.32 Å². The number of hydroxylamine groups is 1. The maximum Gasteiger partial charge on any atom is 0.460 e. The van der Waals surface area contributed by atoms with Crippen LogP contribution in [0.15, 0.2) is 71.8 Å². The Morgan fingerprint density at radius 2 is 1.13 bits per heavy atom. The van der Waals surface area contributed by atoms with Gasteiger partial charge in [-0.2, -0.15) is 74.6 Å². The summed E-state index contributed by atoms with van der Waals surface area (Å²) in [5, 5.41) is 11.4. The Hall–Kier alpha value is -4.79. The molecule has 0 radical (unpaired) electrons. The number of allylic oxidation sites excluding steroid dienone is 2. The Balaban J connectivity index is 2.32. The third-order valence-electron chi connectivity index (χ3n) is 10.6. The summed E-state index contributed by atoms with van der Waals surface area (Å²) in [4.78, 5) is 24.5. The molecule has 0 aliphatic carbocycles. The van der Waals surface area contributed by atoms with E-state index in [1.165, 1.54) is 76.7 Å². The predicted molar refractivity (Wildman–Crippen MR) is 212 cm³/mol. The van der Waals surface area contributed by atoms with Gasteiger partial charge in [-0.3, -0.25) is 15.3 Å². The number of hydrogen-bond donors (Lipinski definition) is 3. The SMILES string of the molecule is COc1ccc(NC(=O)O[C@H](C/C(C)=C/C(C)=C/C(=O)NO)c2ccc(OCCO[Si](CCC(F)(F)C(F)(F)C(F)(F)C(F)(F)C(F)(F)C(F)(F)C(F)(F)C(F)(F)F)(C(C)C)C(C)C)cc2)cc1. The summed E-state index contributed by atoms with van der Waals surface area (Å²) < 4.78 is 258. The van der Waals surface area contributed by atoms with Gasteiger partial charge in [0.25, 0.3) is 5.91 Å². The van der Waals surface area contributed by atoms with Crippen LogP contribution in [0.1, 0.15) is 66.1 Å². The first-order valence-corrected chi connectivity index (χ1v) is 22.1. The molecule has 0 heterocycles. The topological polar surface area (TPSA) is 115 Å². The molecule has 0 saturated carbocycles. The van der Waals surface area contributed by atoms with Gasteiger partial charge >= 0.3 is 53.7 Å². The zero-order chi connectivity index (χ0) is 52.7. The normalized spacial score (nSPS) is 14.8. The summed E-state index contributed by atoms with van der Waals surface area (Å²) in [5.74, 6) is -57.1. The van der Waals surface area contributed by atoms with Crippen molar-refractivity contribution in [3.05, 3.63) is 77.4 Å². The summed E-state index contributed by atoms with van der Waals surface area (Å²) in [6, 6.07) is 10.6. The zero-order valence-corrected chi connectivity index (χ0v) is 37.9. The van der Waals surface area contributed by atoms with Crippen molar-refractivity contribution in [1.82, 2.24) is 5.48 Å². The number of benzene rings is 2. The highest BCUT2D eigenvalue weighted by molar-refractivity contribution is 6.76. The first-order chi connectivity index (χ1) is 30.8. The van der Waals surface area contributed by atoms with E-state index in [9.17, 15) is 75.4 Å². The van der Waals surface area contributed by atoms with Crippen molar-refractivity contribution in [2.24, 2.45) is 0 Å². The van der Waals surface area contributed by atoms with Gasteiger partial charge in [0.05, 0.1) is 13.7 Å². The molecule has 68 heavy (non-hydrogen) atoms. The maximum absolute atomic E-state index is 15.0. The van der Waals surface area contributed by atoms with Crippen LogP contribution in [0.4, 0.5) is 85.1 Å². The lowest BCUT2D eigenvalue weighted by atomic mass is 9.88. The van der Waals surface area contributed by atoms with Crippen LogP contribution in [0.25, 0.3) is 0 Å². The summed E-state index contributed by atoms with van der Waals surface area (Å²) in [6.45, 7) is 7.47. The molecule has 0 bridgehead atoms. The van der Waals surface area contributed by atoms with Crippen LogP contribution in [0.2, 0.25) is 17.1 Å². The number of carbonyl (C=O) groups excluding carboxylic acids is 2. The smallest absolute Gasteiger partial charge is 0.460 e. The molecule has 2 aromatic rings. The lowest BCUT2D eigenvalue weighted by Crippen LogP contribution is -2.74. The number of ether oxygens (including phenoxy) is 3. The minimum absolute atomic E-state index is 0.0570. The summed E-state index contributed by atoms with van der Waals surface area (Å²) in [7, 11) is -2.59. The van der Waals surface area contributed by atoms with E-state index in [4.69, 9.17) is 23.8 Å². The summed E-state index contributed by atoms with van der Waals surface area (Å²) in [6.07, 6.45) is -9.57. The van der Waals surface area contributed by atoms with Gasteiger partial charge < -0.3 is 18.6 Å². The molecule has 0 saturated heterocycles. The van der Waals surface area contributed by atoms with Gasteiger partial charge in [-0.1, -0.05) is 51.5 Å². The van der Waals surface area contributed by atoms with Gasteiger partial charge in [0.2, 0.25) is 0 Å². The molecular weight excluding hydrogens is 984 g/mol. The van der Waals surface area contributed by atoms with Crippen LogP contribution in [0.5, 0.6) is 11.5 Å². The van der Waals surface area contributed by atoms with Crippen LogP contribution < -0.4 is 20.3 Å². The van der Waals surface area contributed by atoms with Gasteiger partial charge in [0.15, 0.2) is 8.32 Å². The molecule has 0 aliphatic rings. The quantitative estimate of drug-likeness (QED) is 0.0182. The molecule has 0 spiro atoms. The first-order valence-electron chi connectivity index (χ1n) is 19.8. The van der Waals surface area contributed by atoms with Crippen molar-refractivity contribution in [1.29, 1.82) is 0 Å². The lowest BCUT2D eigenvalue weighted by molar-refractivity contribution is -0.461. The molecule has 0 aliphatic heterocycles. The Labute approximate surface area is 379 Å². The van der Waals surface area contributed by atoms with Crippen molar-refractivity contribution in [2.75, 3.05) is 25.6 Å². The monoisotopic (exact) mass is 1030 g/mol. The van der Waals surface area contributed by atoms with Gasteiger partial charge in [-0.25, -0.2) is 10.3 Å². The van der Waals surface area contributed by atoms with Gasteiger partial charge in [0, 0.05) is 24.6 Å². The highest BCUT2D eigenvalue weighted by Gasteiger charge is 2.95. The zero-order valence-electron chi connectivity index (χ0n) is 36.9. The van der Waals surface area contributed by atoms with Crippen LogP contribution in [-0.4, -0.2) is 93.5 Å². The standard InChI is InChI=1S/C41H47F17N2O7Si/c1-23(2)68(24(3)4,19-16-34(42,43)35(44,45)36(46,47)37(48,49)38(50,51)39(52,53)40(54,55)41(56,57)58)66-18-17-65-30-12-8-27(9-13-30)31(21-25(5)20-26(6)22-32(61)60-63)67-33(62)59-28-10-14-29(64-7)15-11-28/h8-15,20,22-24,31,63H,16-19,21H2,1-7H3,(H,59,62)(H,60,61)/b25-20+,26-22+/t31-/m1/s1. The molecule has 0 unspecified atom stereocenters. The first kappa shape index (κ1) is 59.3. The highest BCUT2D eigenvalue weighted by Crippen LogP contribution is 2.64. The second-order valence-electron chi connectivity index (χ2n) is 16.0. The Bertz CT molecular complexity index is 2060. The number of amides is 2. The van der Waals surface area contributed by atoms with E-state index in [1.54, 1.807) is 32.1 Å². The average molecular weight is 1030 g/mol. The van der Waals surface area contributed by atoms with E-state index < -0.39 is 111 Å². The third kappa shape index (κ3) is 12.5. The number of anilines is 1. The fraction of sp³-hybridized carbons (Fsp3) is 0.561. The molecular formula is C41H47F17N2O7Si. The largest absolute Gasteiger partial charge is 0.497 e. The molecule has 3 N–H and O–H groups in total. The average Bonchev–Trinajstić information content (AvgIpc) is 3.22. The van der Waals surface area contributed by atoms with Crippen molar-refractivity contribution in [2.45, 2.75) is 125 Å². The number of carbonyl (C=O) groups is 2. The molecule has 0 aromatic heterocycles. The van der Waals surface area contributed by atoms with Crippen LogP contribution in [-0.2, 0) is 14.0 Å². The molecule has 2 aromatic carbocycles. The van der Waals surface area contributed by atoms with E-state index in [1.807, 2.05) is 0 Å². The molecule has 27 heteroatoms. The Morgan fingerprint density at radius 1 is 0.662 bits per heavy atom. The molecule has 0 fully saturated rings. The number of halogens is 17. The Kier molecular flexibility index (Phi) is 19.1. The summed E-state index contributed by atoms with van der Waals surface area (Å²) >= 11 is 0. The molecule has 9 nitrogen and oxygen atoms in total. The van der Waals surface area contributed by atoms with Gasteiger partial charge in [0.1, 0.15) is 24.2 Å². The third-order valence-corrected chi connectivity index (χ3v) is 16.3. The summed E-state index contributed by atoms with van der Waals surface area (Å²) in [5.41, 5.74) is 1.40. The Morgan fingerprint density at radius 3 is 1.59 bits per heavy atom. The molecule has 2 amide bonds. The van der Waals surface area contributed by atoms with Crippen molar-refractivity contribution in [3.63, 3.8) is 0 Å². The van der Waals surface area contributed by atoms with Crippen LogP contribution in [0, 0.1) is 0 Å².